The van der Waals surface area contributed by atoms with Gasteiger partial charge in [0, 0.05) is 32.8 Å². The number of unbranched alkanes of at least 4 members (excludes halogenated alkanes) is 5. The predicted octanol–water partition coefficient (Wildman–Crippen LogP) is 7.22. The zero-order chi connectivity index (χ0) is 22.2. The van der Waals surface area contributed by atoms with Crippen LogP contribution in [-0.4, -0.2) is 22.9 Å². The van der Waals surface area contributed by atoms with Gasteiger partial charge in [-0.15, -0.1) is 0 Å². The molecular formula is C26H35BBrNO2. The Morgan fingerprint density at radius 2 is 1.39 bits per heavy atom. The summed E-state index contributed by atoms with van der Waals surface area (Å²) in [5, 5.41) is 2.56. The van der Waals surface area contributed by atoms with Crippen LogP contribution in [0.1, 0.15) is 73.1 Å². The van der Waals surface area contributed by atoms with E-state index < -0.39 is 0 Å². The lowest BCUT2D eigenvalue weighted by Gasteiger charge is -2.32. The van der Waals surface area contributed by atoms with Gasteiger partial charge in [-0.3, -0.25) is 0 Å². The molecule has 0 saturated carbocycles. The minimum Gasteiger partial charge on any atom is -0.399 e. The molecule has 1 aliphatic heterocycles. The molecule has 31 heavy (non-hydrogen) atoms. The number of nitrogens with zero attached hydrogens (tertiary/aromatic N) is 1. The summed E-state index contributed by atoms with van der Waals surface area (Å²) in [4.78, 5) is 0. The number of benzene rings is 2. The van der Waals surface area contributed by atoms with Crippen LogP contribution in [0.4, 0.5) is 0 Å². The first-order chi connectivity index (χ1) is 14.7. The average Bonchev–Trinajstić information content (AvgIpc) is 3.13. The molecule has 4 rings (SSSR count). The Morgan fingerprint density at radius 1 is 0.806 bits per heavy atom. The van der Waals surface area contributed by atoms with E-state index in [4.69, 9.17) is 9.31 Å². The number of aryl methyl sites for hydroxylation is 1. The van der Waals surface area contributed by atoms with Crippen molar-refractivity contribution < 1.29 is 9.31 Å². The summed E-state index contributed by atoms with van der Waals surface area (Å²) in [6.45, 7) is 11.8. The summed E-state index contributed by atoms with van der Waals surface area (Å²) in [6.07, 6.45) is 7.86. The quantitative estimate of drug-likeness (QED) is 0.249. The van der Waals surface area contributed by atoms with E-state index in [1.165, 1.54) is 60.3 Å². The maximum Gasteiger partial charge on any atom is 0.494 e. The number of fused-ring (bicyclic) bond motifs is 3. The van der Waals surface area contributed by atoms with Gasteiger partial charge in [0.25, 0.3) is 0 Å². The van der Waals surface area contributed by atoms with Crippen LogP contribution in [0.3, 0.4) is 0 Å². The summed E-state index contributed by atoms with van der Waals surface area (Å²) in [6, 6.07) is 13.3. The van der Waals surface area contributed by atoms with Crippen molar-refractivity contribution >= 4 is 50.3 Å². The summed E-state index contributed by atoms with van der Waals surface area (Å²) in [5.74, 6) is 0. The van der Waals surface area contributed by atoms with E-state index >= 15 is 0 Å². The van der Waals surface area contributed by atoms with Gasteiger partial charge in [0.15, 0.2) is 0 Å². The maximum absolute atomic E-state index is 6.31. The Labute approximate surface area is 195 Å². The second-order valence-electron chi connectivity index (χ2n) is 9.95. The zero-order valence-corrected chi connectivity index (χ0v) is 21.2. The lowest BCUT2D eigenvalue weighted by atomic mass is 9.78. The molecule has 1 aromatic heterocycles. The Bertz CT molecular complexity index is 1060. The predicted molar refractivity (Wildman–Crippen MR) is 136 cm³/mol. The van der Waals surface area contributed by atoms with Crippen LogP contribution >= 0.6 is 15.9 Å². The number of hydrogen-bond acceptors (Lipinski definition) is 2. The number of halogens is 1. The van der Waals surface area contributed by atoms with Gasteiger partial charge in [-0.05, 0) is 63.8 Å². The molecule has 3 aromatic rings. The van der Waals surface area contributed by atoms with E-state index in [2.05, 4.69) is 91.5 Å². The van der Waals surface area contributed by atoms with E-state index in [1.54, 1.807) is 0 Å². The maximum atomic E-state index is 6.31. The van der Waals surface area contributed by atoms with E-state index in [0.717, 1.165) is 16.5 Å². The molecule has 0 unspecified atom stereocenters. The fraction of sp³-hybridized carbons (Fsp3) is 0.538. The highest BCUT2D eigenvalue weighted by molar-refractivity contribution is 9.10. The monoisotopic (exact) mass is 483 g/mol. The largest absolute Gasteiger partial charge is 0.494 e. The average molecular weight is 484 g/mol. The van der Waals surface area contributed by atoms with Crippen LogP contribution in [-0.2, 0) is 15.9 Å². The van der Waals surface area contributed by atoms with Crippen LogP contribution in [0.2, 0.25) is 0 Å². The van der Waals surface area contributed by atoms with Crippen molar-refractivity contribution in [2.45, 2.75) is 90.9 Å². The molecule has 1 saturated heterocycles. The first kappa shape index (κ1) is 22.9. The van der Waals surface area contributed by atoms with Gasteiger partial charge < -0.3 is 13.9 Å². The highest BCUT2D eigenvalue weighted by Gasteiger charge is 2.51. The smallest absolute Gasteiger partial charge is 0.399 e. The fourth-order valence-corrected chi connectivity index (χ4v) is 4.87. The zero-order valence-electron chi connectivity index (χ0n) is 19.6. The van der Waals surface area contributed by atoms with Gasteiger partial charge in [0.05, 0.1) is 11.2 Å². The standard InChI is InChI=1S/C26H35BBrNO2/c1-6-7-8-9-10-11-16-29-23-14-12-19(27-30-25(2,3)26(4,5)31-27)17-21(23)22-18-20(28)13-15-24(22)29/h12-15,17-18H,6-11,16H2,1-5H3. The van der Waals surface area contributed by atoms with Gasteiger partial charge in [0.1, 0.15) is 0 Å². The molecular weight excluding hydrogens is 449 g/mol. The second kappa shape index (κ2) is 8.92. The summed E-state index contributed by atoms with van der Waals surface area (Å²) < 4.78 is 16.2. The first-order valence-corrected chi connectivity index (χ1v) is 12.6. The summed E-state index contributed by atoms with van der Waals surface area (Å²) in [7, 11) is -0.335. The molecule has 166 valence electrons. The number of aromatic nitrogens is 1. The molecule has 2 heterocycles. The lowest BCUT2D eigenvalue weighted by molar-refractivity contribution is 0.00578. The molecule has 0 bridgehead atoms. The third kappa shape index (κ3) is 4.47. The van der Waals surface area contributed by atoms with Gasteiger partial charge in [0.2, 0.25) is 0 Å². The van der Waals surface area contributed by atoms with Crippen molar-refractivity contribution in [3.05, 3.63) is 40.9 Å². The highest BCUT2D eigenvalue weighted by atomic mass is 79.9. The van der Waals surface area contributed by atoms with Crippen LogP contribution < -0.4 is 5.46 Å². The summed E-state index contributed by atoms with van der Waals surface area (Å²) >= 11 is 3.67. The van der Waals surface area contributed by atoms with Crippen molar-refractivity contribution in [2.75, 3.05) is 0 Å². The van der Waals surface area contributed by atoms with E-state index in [0.29, 0.717) is 0 Å². The molecule has 2 aromatic carbocycles. The molecule has 0 aliphatic carbocycles. The van der Waals surface area contributed by atoms with Crippen molar-refractivity contribution in [2.24, 2.45) is 0 Å². The van der Waals surface area contributed by atoms with Gasteiger partial charge in [-0.25, -0.2) is 0 Å². The van der Waals surface area contributed by atoms with Crippen LogP contribution in [0.25, 0.3) is 21.8 Å². The Kier molecular flexibility index (Phi) is 6.58. The molecule has 0 radical (unpaired) electrons. The number of hydrogen-bond donors (Lipinski definition) is 0. The SMILES string of the molecule is CCCCCCCCn1c2ccc(Br)cc2c2cc(B3OC(C)(C)C(C)(C)O3)ccc21. The lowest BCUT2D eigenvalue weighted by Crippen LogP contribution is -2.41. The fourth-order valence-electron chi connectivity index (χ4n) is 4.51. The van der Waals surface area contributed by atoms with Crippen LogP contribution in [0, 0.1) is 0 Å². The molecule has 5 heteroatoms. The topological polar surface area (TPSA) is 23.4 Å². The van der Waals surface area contributed by atoms with Gasteiger partial charge in [-0.1, -0.05) is 67.1 Å². The van der Waals surface area contributed by atoms with Gasteiger partial charge >= 0.3 is 7.12 Å². The third-order valence-corrected chi connectivity index (χ3v) is 7.60. The minimum absolute atomic E-state index is 0.332. The van der Waals surface area contributed by atoms with E-state index in [-0.39, 0.29) is 18.3 Å². The van der Waals surface area contributed by atoms with Gasteiger partial charge in [-0.2, -0.15) is 0 Å². The van der Waals surface area contributed by atoms with Crippen molar-refractivity contribution in [3.63, 3.8) is 0 Å². The minimum atomic E-state index is -0.335. The second-order valence-corrected chi connectivity index (χ2v) is 10.9. The normalized spacial score (nSPS) is 17.8. The summed E-state index contributed by atoms with van der Waals surface area (Å²) in [5.41, 5.74) is 3.02. The molecule has 3 nitrogen and oxygen atoms in total. The van der Waals surface area contributed by atoms with Crippen molar-refractivity contribution in [1.29, 1.82) is 0 Å². The van der Waals surface area contributed by atoms with Crippen molar-refractivity contribution in [3.8, 4) is 0 Å². The van der Waals surface area contributed by atoms with Crippen molar-refractivity contribution in [1.82, 2.24) is 4.57 Å². The van der Waals surface area contributed by atoms with Crippen LogP contribution in [0.15, 0.2) is 40.9 Å². The Hall–Kier alpha value is -1.30. The molecule has 1 aliphatic rings. The first-order valence-electron chi connectivity index (χ1n) is 11.8. The highest BCUT2D eigenvalue weighted by Crippen LogP contribution is 2.37. The van der Waals surface area contributed by atoms with E-state index in [1.807, 2.05) is 0 Å². The molecule has 0 amide bonds. The molecule has 0 atom stereocenters. The molecule has 0 N–H and O–H groups in total. The number of rotatable bonds is 8. The molecule has 1 fully saturated rings. The Morgan fingerprint density at radius 3 is 2.06 bits per heavy atom. The molecule has 0 spiro atoms. The van der Waals surface area contributed by atoms with Crippen LogP contribution in [0.5, 0.6) is 0 Å². The third-order valence-electron chi connectivity index (χ3n) is 7.11. The Balaban J connectivity index is 1.66. The van der Waals surface area contributed by atoms with E-state index in [9.17, 15) is 0 Å².